The van der Waals surface area contributed by atoms with Gasteiger partial charge in [-0.05, 0) is 30.7 Å². The number of carbonyl (C=O) groups is 2. The summed E-state index contributed by atoms with van der Waals surface area (Å²) in [5.41, 5.74) is 8.02. The Hall–Kier alpha value is -2.69. The lowest BCUT2D eigenvalue weighted by atomic mass is 10.1. The molecule has 3 rings (SSSR count). The predicted octanol–water partition coefficient (Wildman–Crippen LogP) is 1.77. The van der Waals surface area contributed by atoms with Gasteiger partial charge in [0.25, 0.3) is 11.8 Å². The van der Waals surface area contributed by atoms with E-state index in [-0.39, 0.29) is 11.5 Å². The van der Waals surface area contributed by atoms with E-state index in [1.807, 2.05) is 6.92 Å². The third-order valence-corrected chi connectivity index (χ3v) is 3.20. The number of hydrogen-bond donors (Lipinski definition) is 1. The van der Waals surface area contributed by atoms with E-state index < -0.39 is 5.91 Å². The molecule has 2 heterocycles. The molecule has 5 nitrogen and oxygen atoms in total. The summed E-state index contributed by atoms with van der Waals surface area (Å²) in [5.74, 6) is -0.752. The lowest BCUT2D eigenvalue weighted by Crippen LogP contribution is -2.30. The number of fused-ring (bicyclic) bond motifs is 1. The Balaban J connectivity index is 2.19. The maximum atomic E-state index is 12.4. The second-order valence-corrected chi connectivity index (χ2v) is 4.38. The maximum Gasteiger partial charge on any atom is 0.268 e. The van der Waals surface area contributed by atoms with Crippen molar-refractivity contribution in [3.8, 4) is 0 Å². The van der Waals surface area contributed by atoms with Crippen LogP contribution in [0.4, 0.5) is 11.4 Å². The van der Waals surface area contributed by atoms with Crippen molar-refractivity contribution in [2.75, 3.05) is 10.6 Å². The summed E-state index contributed by atoms with van der Waals surface area (Å²) in [6.07, 6.45) is 3.12. The molecular formula is C14H11N3O2. The van der Waals surface area contributed by atoms with Gasteiger partial charge in [0.1, 0.15) is 0 Å². The van der Waals surface area contributed by atoms with Gasteiger partial charge in [0.2, 0.25) is 0 Å². The standard InChI is InChI=1S/C14H11N3O2/c1-8-5-6-16-7-11(8)17-13(18)9-3-2-4-10(15)12(9)14(17)19/h2-7H,15H2,1H3. The summed E-state index contributed by atoms with van der Waals surface area (Å²) < 4.78 is 0. The normalized spacial score (nSPS) is 13.8. The van der Waals surface area contributed by atoms with E-state index >= 15 is 0 Å². The first-order valence-electron chi connectivity index (χ1n) is 5.79. The zero-order valence-corrected chi connectivity index (χ0v) is 10.3. The van der Waals surface area contributed by atoms with Crippen LogP contribution in [0.2, 0.25) is 0 Å². The Morgan fingerprint density at radius 2 is 1.95 bits per heavy atom. The van der Waals surface area contributed by atoms with Crippen LogP contribution in [0.5, 0.6) is 0 Å². The number of aromatic nitrogens is 1. The topological polar surface area (TPSA) is 76.3 Å². The van der Waals surface area contributed by atoms with Gasteiger partial charge in [0.05, 0.1) is 23.0 Å². The van der Waals surface area contributed by atoms with Gasteiger partial charge in [-0.1, -0.05) is 6.07 Å². The van der Waals surface area contributed by atoms with Crippen LogP contribution >= 0.6 is 0 Å². The van der Waals surface area contributed by atoms with Crippen LogP contribution in [0, 0.1) is 6.92 Å². The number of nitrogens with two attached hydrogens (primary N) is 1. The predicted molar refractivity (Wildman–Crippen MR) is 71.0 cm³/mol. The number of aryl methyl sites for hydroxylation is 1. The van der Waals surface area contributed by atoms with Gasteiger partial charge in [-0.2, -0.15) is 0 Å². The van der Waals surface area contributed by atoms with E-state index in [1.165, 1.54) is 6.20 Å². The number of benzene rings is 1. The number of imide groups is 1. The number of anilines is 2. The van der Waals surface area contributed by atoms with E-state index in [0.717, 1.165) is 10.5 Å². The molecule has 0 spiro atoms. The van der Waals surface area contributed by atoms with Crippen LogP contribution in [0.3, 0.4) is 0 Å². The first-order chi connectivity index (χ1) is 9.11. The van der Waals surface area contributed by atoms with E-state index in [1.54, 1.807) is 30.5 Å². The van der Waals surface area contributed by atoms with Crippen molar-refractivity contribution in [2.45, 2.75) is 6.92 Å². The molecule has 2 N–H and O–H groups in total. The Kier molecular flexibility index (Phi) is 2.35. The van der Waals surface area contributed by atoms with Crippen LogP contribution < -0.4 is 10.6 Å². The molecule has 0 atom stereocenters. The fourth-order valence-corrected chi connectivity index (χ4v) is 2.22. The fraction of sp³-hybridized carbons (Fsp3) is 0.0714. The molecule has 2 amide bonds. The van der Waals surface area contributed by atoms with Crippen molar-refractivity contribution in [2.24, 2.45) is 0 Å². The summed E-state index contributed by atoms with van der Waals surface area (Å²) in [6, 6.07) is 6.64. The molecule has 0 saturated heterocycles. The van der Waals surface area contributed by atoms with Gasteiger partial charge in [0, 0.05) is 11.9 Å². The third kappa shape index (κ3) is 1.52. The largest absolute Gasteiger partial charge is 0.398 e. The molecule has 1 aromatic heterocycles. The van der Waals surface area contributed by atoms with Crippen molar-refractivity contribution in [1.29, 1.82) is 0 Å². The highest BCUT2D eigenvalue weighted by molar-refractivity contribution is 6.36. The van der Waals surface area contributed by atoms with E-state index in [4.69, 9.17) is 5.73 Å². The summed E-state index contributed by atoms with van der Waals surface area (Å²) in [7, 11) is 0. The summed E-state index contributed by atoms with van der Waals surface area (Å²) in [6.45, 7) is 1.82. The fourth-order valence-electron chi connectivity index (χ4n) is 2.22. The first kappa shape index (κ1) is 11.4. The van der Waals surface area contributed by atoms with Crippen molar-refractivity contribution in [3.63, 3.8) is 0 Å². The Bertz CT molecular complexity index is 710. The third-order valence-electron chi connectivity index (χ3n) is 3.20. The van der Waals surface area contributed by atoms with Crippen LogP contribution in [-0.4, -0.2) is 16.8 Å². The van der Waals surface area contributed by atoms with Crippen molar-refractivity contribution in [1.82, 2.24) is 4.98 Å². The highest BCUT2D eigenvalue weighted by Gasteiger charge is 2.38. The van der Waals surface area contributed by atoms with E-state index in [2.05, 4.69) is 4.98 Å². The molecule has 2 aromatic rings. The molecular weight excluding hydrogens is 242 g/mol. The second-order valence-electron chi connectivity index (χ2n) is 4.38. The van der Waals surface area contributed by atoms with Gasteiger partial charge in [-0.3, -0.25) is 14.6 Å². The first-order valence-corrected chi connectivity index (χ1v) is 5.79. The van der Waals surface area contributed by atoms with Gasteiger partial charge in [-0.25, -0.2) is 4.90 Å². The highest BCUT2D eigenvalue weighted by atomic mass is 16.2. The van der Waals surface area contributed by atoms with Gasteiger partial charge < -0.3 is 5.73 Å². The van der Waals surface area contributed by atoms with Gasteiger partial charge >= 0.3 is 0 Å². The summed E-state index contributed by atoms with van der Waals surface area (Å²) in [5, 5.41) is 0. The van der Waals surface area contributed by atoms with Crippen LogP contribution in [0.25, 0.3) is 0 Å². The molecule has 0 bridgehead atoms. The van der Waals surface area contributed by atoms with Crippen LogP contribution in [0.15, 0.2) is 36.7 Å². The van der Waals surface area contributed by atoms with Crippen LogP contribution in [0.1, 0.15) is 26.3 Å². The number of nitrogen functional groups attached to an aromatic ring is 1. The lowest BCUT2D eigenvalue weighted by Gasteiger charge is -2.15. The molecule has 0 saturated carbocycles. The highest BCUT2D eigenvalue weighted by Crippen LogP contribution is 2.32. The summed E-state index contributed by atoms with van der Waals surface area (Å²) in [4.78, 5) is 29.8. The van der Waals surface area contributed by atoms with E-state index in [9.17, 15) is 9.59 Å². The summed E-state index contributed by atoms with van der Waals surface area (Å²) >= 11 is 0. The zero-order chi connectivity index (χ0) is 13.6. The second kappa shape index (κ2) is 3.91. The van der Waals surface area contributed by atoms with Crippen molar-refractivity contribution >= 4 is 23.2 Å². The molecule has 1 aromatic carbocycles. The molecule has 1 aliphatic heterocycles. The van der Waals surface area contributed by atoms with E-state index in [0.29, 0.717) is 16.9 Å². The average molecular weight is 253 g/mol. The average Bonchev–Trinajstić information content (AvgIpc) is 2.64. The minimum absolute atomic E-state index is 0.274. The lowest BCUT2D eigenvalue weighted by molar-refractivity contribution is 0.0926. The molecule has 0 aliphatic carbocycles. The molecule has 5 heteroatoms. The quantitative estimate of drug-likeness (QED) is 0.620. The molecule has 0 radical (unpaired) electrons. The monoisotopic (exact) mass is 253 g/mol. The minimum atomic E-state index is -0.394. The zero-order valence-electron chi connectivity index (χ0n) is 10.3. The van der Waals surface area contributed by atoms with Gasteiger partial charge in [-0.15, -0.1) is 0 Å². The Labute approximate surface area is 109 Å². The van der Waals surface area contributed by atoms with Crippen LogP contribution in [-0.2, 0) is 0 Å². The molecule has 0 fully saturated rings. The minimum Gasteiger partial charge on any atom is -0.398 e. The number of carbonyl (C=O) groups excluding carboxylic acids is 2. The maximum absolute atomic E-state index is 12.4. The Morgan fingerprint density at radius 3 is 2.63 bits per heavy atom. The number of hydrogen-bond acceptors (Lipinski definition) is 4. The molecule has 0 unspecified atom stereocenters. The molecule has 19 heavy (non-hydrogen) atoms. The van der Waals surface area contributed by atoms with Crippen molar-refractivity contribution in [3.05, 3.63) is 53.3 Å². The number of rotatable bonds is 1. The number of nitrogens with zero attached hydrogens (tertiary/aromatic N) is 2. The number of amides is 2. The smallest absolute Gasteiger partial charge is 0.268 e. The SMILES string of the molecule is Cc1ccncc1N1C(=O)c2cccc(N)c2C1=O. The molecule has 1 aliphatic rings. The Morgan fingerprint density at radius 1 is 1.16 bits per heavy atom. The number of pyridine rings is 1. The molecule has 94 valence electrons. The van der Waals surface area contributed by atoms with Gasteiger partial charge in [0.15, 0.2) is 0 Å². The van der Waals surface area contributed by atoms with Crippen molar-refractivity contribution < 1.29 is 9.59 Å².